The highest BCUT2D eigenvalue weighted by molar-refractivity contribution is 6.00. The van der Waals surface area contributed by atoms with Crippen molar-refractivity contribution in [3.63, 3.8) is 0 Å². The fourth-order valence-corrected chi connectivity index (χ4v) is 2.39. The van der Waals surface area contributed by atoms with E-state index in [-0.39, 0.29) is 18.0 Å². The van der Waals surface area contributed by atoms with Crippen molar-refractivity contribution < 1.29 is 19.1 Å². The van der Waals surface area contributed by atoms with Crippen LogP contribution in [0.15, 0.2) is 36.4 Å². The summed E-state index contributed by atoms with van der Waals surface area (Å²) in [6, 6.07) is 9.08. The zero-order chi connectivity index (χ0) is 18.6. The van der Waals surface area contributed by atoms with Crippen LogP contribution in [-0.2, 0) is 4.74 Å². The quantitative estimate of drug-likeness (QED) is 0.645. The Hall–Kier alpha value is -3.15. The van der Waals surface area contributed by atoms with Crippen LogP contribution in [0.5, 0.6) is 0 Å². The van der Waals surface area contributed by atoms with Gasteiger partial charge in [-0.05, 0) is 67.8 Å². The highest BCUT2D eigenvalue weighted by atomic mass is 16.5. The molecule has 0 aromatic heterocycles. The summed E-state index contributed by atoms with van der Waals surface area (Å²) in [5.74, 6) is -0.860. The zero-order valence-corrected chi connectivity index (χ0v) is 14.4. The van der Waals surface area contributed by atoms with Crippen LogP contribution in [0.25, 0.3) is 0 Å². The van der Waals surface area contributed by atoms with Crippen molar-refractivity contribution in [2.75, 3.05) is 11.9 Å². The molecule has 2 rings (SSSR count). The lowest BCUT2D eigenvalue weighted by Crippen LogP contribution is -2.19. The second-order valence-electron chi connectivity index (χ2n) is 5.82. The smallest absolute Gasteiger partial charge is 0.338 e. The molecule has 0 saturated heterocycles. The highest BCUT2D eigenvalue weighted by Gasteiger charge is 2.14. The minimum atomic E-state index is -0.690. The summed E-state index contributed by atoms with van der Waals surface area (Å²) < 4.78 is 5.09. The molecule has 3 N–H and O–H groups in total. The number of anilines is 1. The molecule has 0 bridgehead atoms. The van der Waals surface area contributed by atoms with Crippen LogP contribution < -0.4 is 11.1 Å². The van der Waals surface area contributed by atoms with Crippen LogP contribution in [-0.4, -0.2) is 24.4 Å². The number of hydrogen-bond donors (Lipinski definition) is 2. The summed E-state index contributed by atoms with van der Waals surface area (Å²) in [6.07, 6.45) is 0. The highest BCUT2D eigenvalue weighted by Crippen LogP contribution is 2.16. The van der Waals surface area contributed by atoms with E-state index in [9.17, 15) is 14.4 Å². The molecular weight excluding hydrogens is 320 g/mol. The molecule has 0 unspecified atom stereocenters. The minimum Gasteiger partial charge on any atom is -0.454 e. The molecule has 6 heteroatoms. The van der Waals surface area contributed by atoms with Gasteiger partial charge in [-0.15, -0.1) is 0 Å². The second-order valence-corrected chi connectivity index (χ2v) is 5.82. The number of primary amides is 1. The Morgan fingerprint density at radius 1 is 0.960 bits per heavy atom. The fourth-order valence-electron chi connectivity index (χ4n) is 2.39. The second kappa shape index (κ2) is 7.61. The molecule has 25 heavy (non-hydrogen) atoms. The van der Waals surface area contributed by atoms with Crippen molar-refractivity contribution in [1.82, 2.24) is 0 Å². The number of hydrogen-bond acceptors (Lipinski definition) is 4. The molecule has 0 radical (unpaired) electrons. The standard InChI is InChI=1S/C19H20N2O4/c1-11-8-13(3)16(9-12(11)2)17(22)10-25-18(23)14-4-6-15(7-5-14)21-19(20)24/h4-9H,10H2,1-3H3,(H3,20,21,24). The van der Waals surface area contributed by atoms with E-state index in [4.69, 9.17) is 10.5 Å². The van der Waals surface area contributed by atoms with E-state index in [0.29, 0.717) is 11.3 Å². The van der Waals surface area contributed by atoms with E-state index in [1.54, 1.807) is 0 Å². The van der Waals surface area contributed by atoms with Crippen molar-refractivity contribution in [1.29, 1.82) is 0 Å². The van der Waals surface area contributed by atoms with Crippen LogP contribution in [0.4, 0.5) is 10.5 Å². The van der Waals surface area contributed by atoms with E-state index in [1.807, 2.05) is 32.9 Å². The largest absolute Gasteiger partial charge is 0.454 e. The normalized spacial score (nSPS) is 10.2. The molecule has 0 fully saturated rings. The van der Waals surface area contributed by atoms with Crippen molar-refractivity contribution in [3.8, 4) is 0 Å². The van der Waals surface area contributed by atoms with E-state index in [0.717, 1.165) is 16.7 Å². The number of ketones is 1. The van der Waals surface area contributed by atoms with Crippen molar-refractivity contribution >= 4 is 23.5 Å². The lowest BCUT2D eigenvalue weighted by atomic mass is 9.98. The van der Waals surface area contributed by atoms with Gasteiger partial charge < -0.3 is 15.8 Å². The van der Waals surface area contributed by atoms with Gasteiger partial charge in [0.05, 0.1) is 5.56 Å². The molecule has 0 saturated carbocycles. The fraction of sp³-hybridized carbons (Fsp3) is 0.211. The molecule has 0 aliphatic rings. The first-order chi connectivity index (χ1) is 11.8. The van der Waals surface area contributed by atoms with E-state index >= 15 is 0 Å². The van der Waals surface area contributed by atoms with Crippen LogP contribution in [0.2, 0.25) is 0 Å². The number of esters is 1. The van der Waals surface area contributed by atoms with Gasteiger partial charge in [-0.1, -0.05) is 6.07 Å². The van der Waals surface area contributed by atoms with Gasteiger partial charge in [0, 0.05) is 11.3 Å². The van der Waals surface area contributed by atoms with Gasteiger partial charge in [-0.3, -0.25) is 4.79 Å². The maximum atomic E-state index is 12.3. The molecule has 0 aliphatic heterocycles. The summed E-state index contributed by atoms with van der Waals surface area (Å²) in [4.78, 5) is 35.1. The molecule has 2 aromatic carbocycles. The minimum absolute atomic E-state index is 0.249. The number of amides is 2. The first-order valence-electron chi connectivity index (χ1n) is 7.72. The van der Waals surface area contributed by atoms with Crippen LogP contribution in [0.3, 0.4) is 0 Å². The molecule has 6 nitrogen and oxygen atoms in total. The molecular formula is C19H20N2O4. The van der Waals surface area contributed by atoms with Gasteiger partial charge >= 0.3 is 12.0 Å². The molecule has 0 heterocycles. The number of nitrogens with two attached hydrogens (primary N) is 1. The first kappa shape index (κ1) is 18.2. The van der Waals surface area contributed by atoms with Crippen molar-refractivity contribution in [2.45, 2.75) is 20.8 Å². The number of carbonyl (C=O) groups excluding carboxylic acids is 3. The van der Waals surface area contributed by atoms with Crippen LogP contribution in [0.1, 0.15) is 37.4 Å². The molecule has 0 atom stereocenters. The number of benzene rings is 2. The summed E-state index contributed by atoms with van der Waals surface area (Å²) >= 11 is 0. The predicted molar refractivity (Wildman–Crippen MR) is 94.9 cm³/mol. The predicted octanol–water partition coefficient (Wildman–Crippen LogP) is 3.14. The van der Waals surface area contributed by atoms with E-state index < -0.39 is 12.0 Å². The number of aryl methyl sites for hydroxylation is 3. The summed E-state index contributed by atoms with van der Waals surface area (Å²) in [5, 5.41) is 2.39. The Balaban J connectivity index is 2.01. The average molecular weight is 340 g/mol. The van der Waals surface area contributed by atoms with Gasteiger partial charge in [0.25, 0.3) is 0 Å². The number of carbonyl (C=O) groups is 3. The average Bonchev–Trinajstić information content (AvgIpc) is 2.55. The third-order valence-corrected chi connectivity index (χ3v) is 3.86. The maximum absolute atomic E-state index is 12.3. The van der Waals surface area contributed by atoms with Gasteiger partial charge in [-0.2, -0.15) is 0 Å². The van der Waals surface area contributed by atoms with Crippen molar-refractivity contribution in [3.05, 3.63) is 64.2 Å². The molecule has 130 valence electrons. The van der Waals surface area contributed by atoms with E-state index in [2.05, 4.69) is 5.32 Å². The third-order valence-electron chi connectivity index (χ3n) is 3.86. The maximum Gasteiger partial charge on any atom is 0.338 e. The number of nitrogens with one attached hydrogen (secondary N) is 1. The van der Waals surface area contributed by atoms with Crippen LogP contribution >= 0.6 is 0 Å². The molecule has 2 amide bonds. The van der Waals surface area contributed by atoms with Gasteiger partial charge in [0.1, 0.15) is 0 Å². The summed E-state index contributed by atoms with van der Waals surface area (Å²) in [6.45, 7) is 5.43. The number of ether oxygens (including phenoxy) is 1. The first-order valence-corrected chi connectivity index (χ1v) is 7.72. The Kier molecular flexibility index (Phi) is 5.54. The number of rotatable bonds is 5. The zero-order valence-electron chi connectivity index (χ0n) is 14.4. The van der Waals surface area contributed by atoms with Gasteiger partial charge in [0.2, 0.25) is 5.78 Å². The van der Waals surface area contributed by atoms with Crippen LogP contribution in [0, 0.1) is 20.8 Å². The Bertz CT molecular complexity index is 826. The molecule has 0 aliphatic carbocycles. The molecule has 0 spiro atoms. The SMILES string of the molecule is Cc1cc(C)c(C(=O)COC(=O)c2ccc(NC(N)=O)cc2)cc1C. The summed E-state index contributed by atoms with van der Waals surface area (Å²) in [5.41, 5.74) is 9.28. The topological polar surface area (TPSA) is 98.5 Å². The van der Waals surface area contributed by atoms with Gasteiger partial charge in [-0.25, -0.2) is 9.59 Å². The third kappa shape index (κ3) is 4.67. The number of urea groups is 1. The Labute approximate surface area is 146 Å². The lowest BCUT2D eigenvalue weighted by Gasteiger charge is -2.10. The Morgan fingerprint density at radius 2 is 1.56 bits per heavy atom. The van der Waals surface area contributed by atoms with Crippen molar-refractivity contribution in [2.24, 2.45) is 5.73 Å². The summed E-state index contributed by atoms with van der Waals surface area (Å²) in [7, 11) is 0. The van der Waals surface area contributed by atoms with Gasteiger partial charge in [0.15, 0.2) is 6.61 Å². The number of Topliss-reactive ketones (excluding diaryl/α,β-unsaturated/α-hetero) is 1. The molecule has 2 aromatic rings. The Morgan fingerprint density at radius 3 is 2.16 bits per heavy atom. The monoisotopic (exact) mass is 340 g/mol. The van der Waals surface area contributed by atoms with E-state index in [1.165, 1.54) is 24.3 Å². The lowest BCUT2D eigenvalue weighted by molar-refractivity contribution is 0.0474.